The number of benzene rings is 2. The highest BCUT2D eigenvalue weighted by Crippen LogP contribution is 2.19. The first-order valence-corrected chi connectivity index (χ1v) is 7.14. The first-order valence-electron chi connectivity index (χ1n) is 7.14. The van der Waals surface area contributed by atoms with Crippen molar-refractivity contribution in [3.8, 4) is 5.75 Å². The van der Waals surface area contributed by atoms with Gasteiger partial charge in [-0.15, -0.1) is 0 Å². The number of nitrogens with one attached hydrogen (secondary N) is 1. The first-order chi connectivity index (χ1) is 11.1. The Morgan fingerprint density at radius 2 is 1.74 bits per heavy atom. The van der Waals surface area contributed by atoms with Gasteiger partial charge in [-0.2, -0.15) is 0 Å². The van der Waals surface area contributed by atoms with Gasteiger partial charge in [0.05, 0.1) is 18.6 Å². The van der Waals surface area contributed by atoms with Gasteiger partial charge in [0.25, 0.3) is 0 Å². The smallest absolute Gasteiger partial charge is 0.223 e. The molecule has 0 aromatic heterocycles. The average Bonchev–Trinajstić information content (AvgIpc) is 2.54. The Balaban J connectivity index is 1.76. The average molecular weight is 321 g/mol. The van der Waals surface area contributed by atoms with Gasteiger partial charge in [-0.25, -0.2) is 8.78 Å². The Morgan fingerprint density at radius 3 is 2.39 bits per heavy atom. The number of aliphatic hydroxyl groups is 1. The Bertz CT molecular complexity index is 629. The number of rotatable bonds is 7. The van der Waals surface area contributed by atoms with E-state index in [1.165, 1.54) is 6.07 Å². The van der Waals surface area contributed by atoms with Crippen molar-refractivity contribution in [2.24, 2.45) is 0 Å². The zero-order chi connectivity index (χ0) is 16.7. The van der Waals surface area contributed by atoms with Crippen LogP contribution in [0.25, 0.3) is 0 Å². The van der Waals surface area contributed by atoms with Gasteiger partial charge in [0, 0.05) is 6.54 Å². The summed E-state index contributed by atoms with van der Waals surface area (Å²) in [5, 5.41) is 12.2. The summed E-state index contributed by atoms with van der Waals surface area (Å²) in [7, 11) is 0. The number of carbonyl (C=O) groups excluding carboxylic acids is 1. The molecular formula is C17H17F2NO3. The van der Waals surface area contributed by atoms with Crippen molar-refractivity contribution in [2.75, 3.05) is 13.2 Å². The highest BCUT2D eigenvalue weighted by atomic mass is 19.1. The van der Waals surface area contributed by atoms with Crippen LogP contribution in [0.5, 0.6) is 5.75 Å². The van der Waals surface area contributed by atoms with Crippen LogP contribution < -0.4 is 10.1 Å². The van der Waals surface area contributed by atoms with E-state index in [0.29, 0.717) is 5.75 Å². The standard InChI is InChI=1S/C17H17F2NO3/c18-13-7-4-8-14(19)17(13)15(21)11-20-16(22)9-10-23-12-5-2-1-3-6-12/h1-8,15,21H,9-11H2,(H,20,22). The van der Waals surface area contributed by atoms with Gasteiger partial charge in [0.15, 0.2) is 0 Å². The molecule has 0 fully saturated rings. The molecule has 23 heavy (non-hydrogen) atoms. The second-order valence-electron chi connectivity index (χ2n) is 4.87. The third kappa shape index (κ3) is 5.03. The molecule has 6 heteroatoms. The number of hydrogen-bond acceptors (Lipinski definition) is 3. The molecule has 2 rings (SSSR count). The minimum Gasteiger partial charge on any atom is -0.493 e. The van der Waals surface area contributed by atoms with E-state index >= 15 is 0 Å². The lowest BCUT2D eigenvalue weighted by Gasteiger charge is -2.14. The van der Waals surface area contributed by atoms with E-state index in [9.17, 15) is 18.7 Å². The molecule has 4 nitrogen and oxygen atoms in total. The summed E-state index contributed by atoms with van der Waals surface area (Å²) in [6.07, 6.45) is -1.38. The molecule has 1 unspecified atom stereocenters. The number of para-hydroxylation sites is 1. The fourth-order valence-electron chi connectivity index (χ4n) is 2.01. The minimum absolute atomic E-state index is 0.0708. The van der Waals surface area contributed by atoms with E-state index in [4.69, 9.17) is 4.74 Å². The Morgan fingerprint density at radius 1 is 1.09 bits per heavy atom. The molecule has 0 heterocycles. The lowest BCUT2D eigenvalue weighted by atomic mass is 10.1. The van der Waals surface area contributed by atoms with Gasteiger partial charge in [-0.1, -0.05) is 24.3 Å². The molecule has 2 aromatic carbocycles. The van der Waals surface area contributed by atoms with Crippen molar-refractivity contribution < 1.29 is 23.4 Å². The van der Waals surface area contributed by atoms with Crippen LogP contribution in [0.2, 0.25) is 0 Å². The monoisotopic (exact) mass is 321 g/mol. The molecule has 2 aromatic rings. The Kier molecular flexibility index (Phi) is 6.05. The Hall–Kier alpha value is -2.47. The number of hydrogen-bond donors (Lipinski definition) is 2. The van der Waals surface area contributed by atoms with Crippen LogP contribution in [0.4, 0.5) is 8.78 Å². The van der Waals surface area contributed by atoms with E-state index < -0.39 is 23.3 Å². The largest absolute Gasteiger partial charge is 0.493 e. The maximum atomic E-state index is 13.5. The van der Waals surface area contributed by atoms with Crippen molar-refractivity contribution in [3.05, 3.63) is 65.7 Å². The highest BCUT2D eigenvalue weighted by Gasteiger charge is 2.18. The van der Waals surface area contributed by atoms with E-state index in [1.54, 1.807) is 12.1 Å². The summed E-state index contributed by atoms with van der Waals surface area (Å²) >= 11 is 0. The number of aliphatic hydroxyl groups excluding tert-OH is 1. The molecule has 0 aliphatic rings. The van der Waals surface area contributed by atoms with E-state index in [0.717, 1.165) is 12.1 Å². The van der Waals surface area contributed by atoms with Crippen LogP contribution in [0.15, 0.2) is 48.5 Å². The van der Waals surface area contributed by atoms with Crippen LogP contribution in [0, 0.1) is 11.6 Å². The molecule has 0 aliphatic carbocycles. The van der Waals surface area contributed by atoms with Crippen molar-refractivity contribution in [1.82, 2.24) is 5.32 Å². The predicted octanol–water partition coefficient (Wildman–Crippen LogP) is 2.58. The van der Waals surface area contributed by atoms with Crippen LogP contribution in [0.3, 0.4) is 0 Å². The summed E-state index contributed by atoms with van der Waals surface area (Å²) in [6, 6.07) is 12.3. The van der Waals surface area contributed by atoms with E-state index in [-0.39, 0.29) is 25.5 Å². The normalized spacial score (nSPS) is 11.8. The first kappa shape index (κ1) is 16.9. The summed E-state index contributed by atoms with van der Waals surface area (Å²) < 4.78 is 32.3. The number of ether oxygens (including phenoxy) is 1. The predicted molar refractivity (Wildman–Crippen MR) is 80.9 cm³/mol. The van der Waals surface area contributed by atoms with Crippen molar-refractivity contribution in [3.63, 3.8) is 0 Å². The van der Waals surface area contributed by atoms with Crippen molar-refractivity contribution in [1.29, 1.82) is 0 Å². The second kappa shape index (κ2) is 8.24. The zero-order valence-corrected chi connectivity index (χ0v) is 12.3. The summed E-state index contributed by atoms with van der Waals surface area (Å²) in [6.45, 7) is -0.109. The molecule has 0 saturated carbocycles. The molecule has 0 aliphatic heterocycles. The number of carbonyl (C=O) groups is 1. The molecule has 0 bridgehead atoms. The Labute approximate surface area is 132 Å². The fourth-order valence-corrected chi connectivity index (χ4v) is 2.01. The SMILES string of the molecule is O=C(CCOc1ccccc1)NCC(O)c1c(F)cccc1F. The van der Waals surface area contributed by atoms with Crippen molar-refractivity contribution >= 4 is 5.91 Å². The summed E-state index contributed by atoms with van der Waals surface area (Å²) in [4.78, 5) is 11.6. The van der Waals surface area contributed by atoms with Gasteiger partial charge in [0.1, 0.15) is 23.5 Å². The fraction of sp³-hybridized carbons (Fsp3) is 0.235. The third-order valence-corrected chi connectivity index (χ3v) is 3.17. The third-order valence-electron chi connectivity index (χ3n) is 3.17. The molecular weight excluding hydrogens is 304 g/mol. The van der Waals surface area contributed by atoms with Gasteiger partial charge in [-0.05, 0) is 24.3 Å². The maximum Gasteiger partial charge on any atom is 0.223 e. The summed E-state index contributed by atoms with van der Waals surface area (Å²) in [5.74, 6) is -1.43. The minimum atomic E-state index is -1.45. The summed E-state index contributed by atoms with van der Waals surface area (Å²) in [5.41, 5.74) is -0.451. The van der Waals surface area contributed by atoms with Gasteiger partial charge < -0.3 is 15.2 Å². The highest BCUT2D eigenvalue weighted by molar-refractivity contribution is 5.76. The lowest BCUT2D eigenvalue weighted by Crippen LogP contribution is -2.30. The molecule has 0 spiro atoms. The number of halogens is 2. The molecule has 0 saturated heterocycles. The molecule has 1 amide bonds. The molecule has 1 atom stereocenters. The van der Waals surface area contributed by atoms with Crippen LogP contribution in [-0.2, 0) is 4.79 Å². The van der Waals surface area contributed by atoms with Gasteiger partial charge in [-0.3, -0.25) is 4.79 Å². The van der Waals surface area contributed by atoms with Crippen LogP contribution >= 0.6 is 0 Å². The number of amides is 1. The zero-order valence-electron chi connectivity index (χ0n) is 12.3. The molecule has 122 valence electrons. The quantitative estimate of drug-likeness (QED) is 0.824. The second-order valence-corrected chi connectivity index (χ2v) is 4.87. The van der Waals surface area contributed by atoms with Crippen LogP contribution in [0.1, 0.15) is 18.1 Å². The van der Waals surface area contributed by atoms with Gasteiger partial charge in [0.2, 0.25) is 5.91 Å². The van der Waals surface area contributed by atoms with E-state index in [2.05, 4.69) is 5.32 Å². The maximum absolute atomic E-state index is 13.5. The topological polar surface area (TPSA) is 58.6 Å². The van der Waals surface area contributed by atoms with Crippen molar-refractivity contribution in [2.45, 2.75) is 12.5 Å². The molecule has 0 radical (unpaired) electrons. The van der Waals surface area contributed by atoms with E-state index in [1.807, 2.05) is 18.2 Å². The molecule has 2 N–H and O–H groups in total. The van der Waals surface area contributed by atoms with Gasteiger partial charge >= 0.3 is 0 Å². The van der Waals surface area contributed by atoms with Crippen LogP contribution in [-0.4, -0.2) is 24.2 Å². The lowest BCUT2D eigenvalue weighted by molar-refractivity contribution is -0.122.